The second-order valence-corrected chi connectivity index (χ2v) is 7.83. The summed E-state index contributed by atoms with van der Waals surface area (Å²) in [5.74, 6) is 0.698. The minimum absolute atomic E-state index is 0.196. The highest BCUT2D eigenvalue weighted by atomic mass is 16.1. The predicted molar refractivity (Wildman–Crippen MR) is 129 cm³/mol. The van der Waals surface area contributed by atoms with Crippen LogP contribution in [-0.2, 0) is 4.79 Å². The van der Waals surface area contributed by atoms with Crippen molar-refractivity contribution >= 4 is 23.8 Å². The van der Waals surface area contributed by atoms with E-state index in [0.29, 0.717) is 35.5 Å². The van der Waals surface area contributed by atoms with Crippen LogP contribution in [0.5, 0.6) is 0 Å². The molecule has 0 fully saturated rings. The lowest BCUT2D eigenvalue weighted by molar-refractivity contribution is -0.109. The Morgan fingerprint density at radius 3 is 2.69 bits per heavy atom. The van der Waals surface area contributed by atoms with E-state index in [1.807, 2.05) is 25.1 Å². The fraction of sp³-hybridized carbons (Fsp3) is 0.333. The molecule has 1 aliphatic rings. The lowest BCUT2D eigenvalue weighted by Gasteiger charge is -2.27. The van der Waals surface area contributed by atoms with Crippen molar-refractivity contribution in [2.24, 2.45) is 10.7 Å². The molecular weight excluding hydrogens is 404 g/mol. The Hall–Kier alpha value is -3.68. The number of hydrogen-bond donors (Lipinski definition) is 3. The minimum atomic E-state index is -0.327. The van der Waals surface area contributed by atoms with Gasteiger partial charge >= 0.3 is 0 Å². The van der Waals surface area contributed by atoms with Crippen molar-refractivity contribution in [3.05, 3.63) is 75.9 Å². The number of amidine groups is 1. The number of nitrogens with zero attached hydrogens (tertiary/aromatic N) is 3. The van der Waals surface area contributed by atoms with E-state index in [2.05, 4.69) is 46.2 Å². The van der Waals surface area contributed by atoms with E-state index >= 15 is 0 Å². The van der Waals surface area contributed by atoms with Crippen LogP contribution in [0.1, 0.15) is 37.4 Å². The third-order valence-electron chi connectivity index (χ3n) is 5.76. The molecule has 1 amide bonds. The van der Waals surface area contributed by atoms with E-state index in [-0.39, 0.29) is 35.7 Å². The van der Waals surface area contributed by atoms with Gasteiger partial charge in [-0.1, -0.05) is 43.8 Å². The van der Waals surface area contributed by atoms with Crippen molar-refractivity contribution in [3.63, 3.8) is 0 Å². The van der Waals surface area contributed by atoms with Gasteiger partial charge < -0.3 is 16.4 Å². The molecule has 4 N–H and O–H groups in total. The standard InChI is InChI=1S/C24H30N6O2/c1-5-18(19-9-7-6-8-10-19)12-28-23-24(32)30(15(2)11-27-23)21-20(13-26-14-31)16(3)17(4)29-22(21)25/h6-11,14,17-18H,3,5,12-13H2,1-2,4H3,(H2,25,29)(H,26,31)(H,27,28). The zero-order chi connectivity index (χ0) is 23.3. The maximum atomic E-state index is 13.5. The molecule has 2 aromatic rings. The number of benzene rings is 1. The normalized spacial score (nSPS) is 17.0. The minimum Gasteiger partial charge on any atom is -0.382 e. The van der Waals surface area contributed by atoms with E-state index in [9.17, 15) is 9.59 Å². The highest BCUT2D eigenvalue weighted by Crippen LogP contribution is 2.27. The highest BCUT2D eigenvalue weighted by molar-refractivity contribution is 6.19. The Bertz CT molecular complexity index is 1120. The monoisotopic (exact) mass is 434 g/mol. The third kappa shape index (κ3) is 4.64. The van der Waals surface area contributed by atoms with E-state index in [4.69, 9.17) is 5.73 Å². The number of amides is 1. The van der Waals surface area contributed by atoms with Gasteiger partial charge in [0, 0.05) is 36.5 Å². The zero-order valence-corrected chi connectivity index (χ0v) is 18.8. The molecule has 168 valence electrons. The van der Waals surface area contributed by atoms with Crippen molar-refractivity contribution in [2.45, 2.75) is 39.2 Å². The maximum absolute atomic E-state index is 13.5. The molecule has 1 aromatic heterocycles. The number of aromatic nitrogens is 2. The lowest BCUT2D eigenvalue weighted by Crippen LogP contribution is -2.37. The van der Waals surface area contributed by atoms with Gasteiger partial charge in [-0.3, -0.25) is 19.1 Å². The average Bonchev–Trinajstić information content (AvgIpc) is 2.79. The van der Waals surface area contributed by atoms with Crippen molar-refractivity contribution < 1.29 is 4.79 Å². The smallest absolute Gasteiger partial charge is 0.298 e. The van der Waals surface area contributed by atoms with Crippen molar-refractivity contribution in [3.8, 4) is 0 Å². The van der Waals surface area contributed by atoms with E-state index < -0.39 is 0 Å². The van der Waals surface area contributed by atoms with E-state index in [1.165, 1.54) is 10.1 Å². The van der Waals surface area contributed by atoms with Crippen molar-refractivity contribution in [2.75, 3.05) is 18.4 Å². The van der Waals surface area contributed by atoms with Crippen LogP contribution >= 0.6 is 0 Å². The predicted octanol–water partition coefficient (Wildman–Crippen LogP) is 2.43. The second kappa shape index (κ2) is 10.1. The van der Waals surface area contributed by atoms with Crippen LogP contribution in [0.4, 0.5) is 5.82 Å². The number of nitrogens with one attached hydrogen (secondary N) is 2. The second-order valence-electron chi connectivity index (χ2n) is 7.83. The molecule has 8 heteroatoms. The third-order valence-corrected chi connectivity index (χ3v) is 5.76. The Kier molecular flexibility index (Phi) is 7.25. The van der Waals surface area contributed by atoms with Gasteiger partial charge in [0.1, 0.15) is 5.84 Å². The summed E-state index contributed by atoms with van der Waals surface area (Å²) in [5.41, 5.74) is 9.57. The number of aliphatic imine (C=N–C) groups is 1. The average molecular weight is 435 g/mol. The van der Waals surface area contributed by atoms with Crippen LogP contribution in [-0.4, -0.2) is 40.9 Å². The number of carbonyl (C=O) groups excluding carboxylic acids is 1. The summed E-state index contributed by atoms with van der Waals surface area (Å²) < 4.78 is 1.50. The number of nitrogens with two attached hydrogens (primary N) is 1. The summed E-state index contributed by atoms with van der Waals surface area (Å²) in [6.07, 6.45) is 3.15. The van der Waals surface area contributed by atoms with Crippen LogP contribution in [0.3, 0.4) is 0 Å². The molecule has 2 atom stereocenters. The van der Waals surface area contributed by atoms with Crippen LogP contribution in [0.15, 0.2) is 64.0 Å². The van der Waals surface area contributed by atoms with Crippen molar-refractivity contribution in [1.82, 2.24) is 14.9 Å². The summed E-state index contributed by atoms with van der Waals surface area (Å²) in [7, 11) is 0. The van der Waals surface area contributed by atoms with Crippen LogP contribution < -0.4 is 21.9 Å². The summed E-state index contributed by atoms with van der Waals surface area (Å²) in [6, 6.07) is 9.93. The Labute approximate surface area is 188 Å². The summed E-state index contributed by atoms with van der Waals surface area (Å²) in [5, 5.41) is 5.87. The van der Waals surface area contributed by atoms with Gasteiger partial charge in [-0.15, -0.1) is 0 Å². The molecule has 0 radical (unpaired) electrons. The molecular formula is C24H30N6O2. The summed E-state index contributed by atoms with van der Waals surface area (Å²) in [6.45, 7) is 10.6. The van der Waals surface area contributed by atoms with Gasteiger partial charge in [0.2, 0.25) is 6.41 Å². The fourth-order valence-electron chi connectivity index (χ4n) is 3.88. The first-order valence-electron chi connectivity index (χ1n) is 10.7. The Morgan fingerprint density at radius 2 is 2.03 bits per heavy atom. The largest absolute Gasteiger partial charge is 0.382 e. The van der Waals surface area contributed by atoms with Crippen LogP contribution in [0.25, 0.3) is 5.70 Å². The van der Waals surface area contributed by atoms with Gasteiger partial charge in [-0.25, -0.2) is 4.98 Å². The first kappa shape index (κ1) is 23.0. The topological polar surface area (TPSA) is 114 Å². The number of dihydropyridines is 1. The van der Waals surface area contributed by atoms with Gasteiger partial charge in [-0.2, -0.15) is 0 Å². The molecule has 2 unspecified atom stereocenters. The molecule has 0 bridgehead atoms. The number of aryl methyl sites for hydroxylation is 1. The number of carbonyl (C=O) groups is 1. The number of hydrogen-bond acceptors (Lipinski definition) is 6. The Morgan fingerprint density at radius 1 is 1.31 bits per heavy atom. The molecule has 0 saturated carbocycles. The van der Waals surface area contributed by atoms with E-state index in [0.717, 1.165) is 6.42 Å². The molecule has 2 heterocycles. The molecule has 1 aromatic carbocycles. The van der Waals surface area contributed by atoms with Gasteiger partial charge in [-0.05, 0) is 31.4 Å². The first-order valence-corrected chi connectivity index (χ1v) is 10.7. The van der Waals surface area contributed by atoms with Crippen LogP contribution in [0.2, 0.25) is 0 Å². The quantitative estimate of drug-likeness (QED) is 0.525. The molecule has 0 saturated heterocycles. The SMILES string of the molecule is C=C1C(CNC=O)=C(n2c(C)cnc(NCC(CC)c3ccccc3)c2=O)C(N)=NC1C. The molecule has 8 nitrogen and oxygen atoms in total. The lowest BCUT2D eigenvalue weighted by atomic mass is 9.95. The fourth-order valence-corrected chi connectivity index (χ4v) is 3.88. The zero-order valence-electron chi connectivity index (χ0n) is 18.8. The molecule has 1 aliphatic heterocycles. The first-order chi connectivity index (χ1) is 15.4. The van der Waals surface area contributed by atoms with Gasteiger partial charge in [0.05, 0.1) is 11.7 Å². The van der Waals surface area contributed by atoms with E-state index in [1.54, 1.807) is 13.1 Å². The molecule has 0 spiro atoms. The molecule has 0 aliphatic carbocycles. The summed E-state index contributed by atoms with van der Waals surface area (Å²) in [4.78, 5) is 33.2. The Balaban J connectivity index is 2.01. The number of anilines is 1. The van der Waals surface area contributed by atoms with Crippen molar-refractivity contribution in [1.29, 1.82) is 0 Å². The van der Waals surface area contributed by atoms with Crippen LogP contribution in [0, 0.1) is 6.92 Å². The molecule has 32 heavy (non-hydrogen) atoms. The van der Waals surface area contributed by atoms with Gasteiger partial charge in [0.25, 0.3) is 5.56 Å². The highest BCUT2D eigenvalue weighted by Gasteiger charge is 2.26. The summed E-state index contributed by atoms with van der Waals surface area (Å²) >= 11 is 0. The van der Waals surface area contributed by atoms with Gasteiger partial charge in [0.15, 0.2) is 5.82 Å². The maximum Gasteiger partial charge on any atom is 0.298 e. The number of rotatable bonds is 9. The molecule has 3 rings (SSSR count).